The van der Waals surface area contributed by atoms with Crippen molar-refractivity contribution in [2.24, 2.45) is 0 Å². The first kappa shape index (κ1) is 18.1. The molecule has 0 fully saturated rings. The summed E-state index contributed by atoms with van der Waals surface area (Å²) in [4.78, 5) is 13.6. The topological polar surface area (TPSA) is 47.3 Å². The summed E-state index contributed by atoms with van der Waals surface area (Å²) in [5.41, 5.74) is 3.13. The summed E-state index contributed by atoms with van der Waals surface area (Å²) in [6.07, 6.45) is 1.91. The number of halogens is 1. The monoisotopic (exact) mass is 439 g/mol. The fraction of sp³-hybridized carbons (Fsp3) is 0.190. The molecule has 0 saturated heterocycles. The van der Waals surface area contributed by atoms with Crippen LogP contribution in [-0.2, 0) is 5.41 Å². The van der Waals surface area contributed by atoms with E-state index in [4.69, 9.17) is 0 Å². The number of aromatic nitrogens is 3. The highest BCUT2D eigenvalue weighted by atomic mass is 79.9. The standard InChI is InChI=1S/C21H18BrN3OS/c1-21(2,3)14-10-8-13(9-11-14)12-17-19(26)25-18(23-24-20(25)27-17)15-6-4-5-7-16(15)22/h4-12H,1-3H3/b17-12-. The van der Waals surface area contributed by atoms with Crippen molar-refractivity contribution in [1.29, 1.82) is 0 Å². The first-order valence-corrected chi connectivity index (χ1v) is 10.2. The largest absolute Gasteiger partial charge is 0.276 e. The highest BCUT2D eigenvalue weighted by Gasteiger charge is 2.16. The normalized spacial score (nSPS) is 12.8. The van der Waals surface area contributed by atoms with Crippen molar-refractivity contribution in [3.8, 4) is 11.4 Å². The molecule has 27 heavy (non-hydrogen) atoms. The van der Waals surface area contributed by atoms with Gasteiger partial charge in [0.05, 0.1) is 4.53 Å². The summed E-state index contributed by atoms with van der Waals surface area (Å²) < 4.78 is 3.12. The van der Waals surface area contributed by atoms with Gasteiger partial charge in [-0.25, -0.2) is 4.40 Å². The maximum Gasteiger partial charge on any atom is 0.276 e. The molecule has 0 spiro atoms. The lowest BCUT2D eigenvalue weighted by atomic mass is 9.87. The molecule has 2 aromatic carbocycles. The Hall–Kier alpha value is -2.31. The van der Waals surface area contributed by atoms with Gasteiger partial charge in [-0.15, -0.1) is 10.2 Å². The van der Waals surface area contributed by atoms with Gasteiger partial charge in [0.1, 0.15) is 0 Å². The average molecular weight is 440 g/mol. The zero-order valence-corrected chi connectivity index (χ0v) is 17.6. The molecule has 0 atom stereocenters. The summed E-state index contributed by atoms with van der Waals surface area (Å²) in [6.45, 7) is 6.56. The van der Waals surface area contributed by atoms with Crippen molar-refractivity contribution >= 4 is 38.3 Å². The molecule has 4 nitrogen and oxygen atoms in total. The van der Waals surface area contributed by atoms with Gasteiger partial charge in [0, 0.05) is 10.0 Å². The van der Waals surface area contributed by atoms with E-state index in [1.54, 1.807) is 4.40 Å². The number of thiazole rings is 1. The van der Waals surface area contributed by atoms with Gasteiger partial charge >= 0.3 is 0 Å². The van der Waals surface area contributed by atoms with Crippen molar-refractivity contribution in [2.45, 2.75) is 26.2 Å². The van der Waals surface area contributed by atoms with Crippen LogP contribution in [0.2, 0.25) is 0 Å². The lowest BCUT2D eigenvalue weighted by Gasteiger charge is -2.18. The Labute approximate surface area is 169 Å². The minimum Gasteiger partial charge on any atom is -0.267 e. The molecule has 0 aliphatic rings. The molecule has 0 amide bonds. The van der Waals surface area contributed by atoms with Crippen LogP contribution in [0.1, 0.15) is 31.9 Å². The van der Waals surface area contributed by atoms with Crippen LogP contribution < -0.4 is 10.1 Å². The van der Waals surface area contributed by atoms with E-state index in [0.717, 1.165) is 15.6 Å². The Bertz CT molecular complexity index is 1230. The van der Waals surface area contributed by atoms with Crippen LogP contribution in [0.3, 0.4) is 0 Å². The van der Waals surface area contributed by atoms with Crippen LogP contribution in [0, 0.1) is 0 Å². The molecule has 136 valence electrons. The number of fused-ring (bicyclic) bond motifs is 1. The second kappa shape index (κ2) is 6.69. The maximum absolute atomic E-state index is 13.0. The molecule has 0 aliphatic carbocycles. The molecule has 0 radical (unpaired) electrons. The fourth-order valence-electron chi connectivity index (χ4n) is 2.91. The van der Waals surface area contributed by atoms with E-state index in [0.29, 0.717) is 15.3 Å². The minimum atomic E-state index is -0.0920. The first-order valence-electron chi connectivity index (χ1n) is 8.60. The van der Waals surface area contributed by atoms with Crippen LogP contribution in [0.15, 0.2) is 57.8 Å². The second-order valence-electron chi connectivity index (χ2n) is 7.41. The van der Waals surface area contributed by atoms with Crippen LogP contribution in [-0.4, -0.2) is 14.6 Å². The number of benzene rings is 2. The predicted octanol–water partition coefficient (Wildman–Crippen LogP) is 4.43. The van der Waals surface area contributed by atoms with Gasteiger partial charge in [-0.3, -0.25) is 4.79 Å². The third kappa shape index (κ3) is 3.35. The van der Waals surface area contributed by atoms with Crippen LogP contribution in [0.4, 0.5) is 0 Å². The number of nitrogens with zero attached hydrogens (tertiary/aromatic N) is 3. The van der Waals surface area contributed by atoms with Gasteiger partial charge in [-0.05, 0) is 28.7 Å². The predicted molar refractivity (Wildman–Crippen MR) is 114 cm³/mol. The van der Waals surface area contributed by atoms with Gasteiger partial charge < -0.3 is 0 Å². The molecule has 0 bridgehead atoms. The summed E-state index contributed by atoms with van der Waals surface area (Å²) in [6, 6.07) is 16.0. The van der Waals surface area contributed by atoms with Gasteiger partial charge in [0.15, 0.2) is 5.82 Å². The summed E-state index contributed by atoms with van der Waals surface area (Å²) in [7, 11) is 0. The van der Waals surface area contributed by atoms with E-state index >= 15 is 0 Å². The van der Waals surface area contributed by atoms with Crippen molar-refractivity contribution in [1.82, 2.24) is 14.6 Å². The number of hydrogen-bond donors (Lipinski definition) is 0. The van der Waals surface area contributed by atoms with E-state index in [-0.39, 0.29) is 11.0 Å². The highest BCUT2D eigenvalue weighted by molar-refractivity contribution is 9.10. The highest BCUT2D eigenvalue weighted by Crippen LogP contribution is 2.26. The third-order valence-corrected chi connectivity index (χ3v) is 6.09. The molecular formula is C21H18BrN3OS. The van der Waals surface area contributed by atoms with E-state index in [2.05, 4.69) is 71.2 Å². The molecule has 0 N–H and O–H groups in total. The average Bonchev–Trinajstić information content (AvgIpc) is 3.16. The Morgan fingerprint density at radius 2 is 1.74 bits per heavy atom. The molecule has 6 heteroatoms. The van der Waals surface area contributed by atoms with Gasteiger partial charge in [-0.1, -0.05) is 90.5 Å². The maximum atomic E-state index is 13.0. The van der Waals surface area contributed by atoms with Crippen LogP contribution in [0.5, 0.6) is 0 Å². The van der Waals surface area contributed by atoms with Crippen molar-refractivity contribution in [3.05, 3.63) is 79.0 Å². The summed E-state index contributed by atoms with van der Waals surface area (Å²) in [5.74, 6) is 0.557. The molecule has 0 saturated carbocycles. The lowest BCUT2D eigenvalue weighted by Crippen LogP contribution is -2.23. The Kier molecular flexibility index (Phi) is 4.48. The zero-order chi connectivity index (χ0) is 19.2. The van der Waals surface area contributed by atoms with E-state index in [1.165, 1.54) is 16.9 Å². The molecule has 4 rings (SSSR count). The van der Waals surface area contributed by atoms with Crippen LogP contribution in [0.25, 0.3) is 22.4 Å². The van der Waals surface area contributed by atoms with Gasteiger partial charge in [-0.2, -0.15) is 0 Å². The third-order valence-electron chi connectivity index (χ3n) is 4.44. The van der Waals surface area contributed by atoms with E-state index in [9.17, 15) is 4.79 Å². The Morgan fingerprint density at radius 3 is 2.41 bits per heavy atom. The summed E-state index contributed by atoms with van der Waals surface area (Å²) >= 11 is 4.88. The second-order valence-corrected chi connectivity index (χ2v) is 9.27. The molecular weight excluding hydrogens is 422 g/mol. The number of rotatable bonds is 2. The fourth-order valence-corrected chi connectivity index (χ4v) is 4.28. The smallest absolute Gasteiger partial charge is 0.267 e. The first-order chi connectivity index (χ1) is 12.8. The van der Waals surface area contributed by atoms with Crippen molar-refractivity contribution in [3.63, 3.8) is 0 Å². The van der Waals surface area contributed by atoms with E-state index in [1.807, 2.05) is 30.3 Å². The quantitative estimate of drug-likeness (QED) is 0.464. The van der Waals surface area contributed by atoms with Crippen LogP contribution >= 0.6 is 27.3 Å². The van der Waals surface area contributed by atoms with Crippen molar-refractivity contribution < 1.29 is 0 Å². The zero-order valence-electron chi connectivity index (χ0n) is 15.2. The Morgan fingerprint density at radius 1 is 1.04 bits per heavy atom. The van der Waals surface area contributed by atoms with E-state index < -0.39 is 0 Å². The van der Waals surface area contributed by atoms with Crippen molar-refractivity contribution in [2.75, 3.05) is 0 Å². The minimum absolute atomic E-state index is 0.0920. The summed E-state index contributed by atoms with van der Waals surface area (Å²) in [5, 5.41) is 8.41. The molecule has 0 unspecified atom stereocenters. The molecule has 2 aromatic heterocycles. The number of hydrogen-bond acceptors (Lipinski definition) is 4. The van der Waals surface area contributed by atoms with Gasteiger partial charge in [0.2, 0.25) is 4.96 Å². The van der Waals surface area contributed by atoms with Gasteiger partial charge in [0.25, 0.3) is 5.56 Å². The SMILES string of the molecule is CC(C)(C)c1ccc(/C=c2\sc3nnc(-c4ccccc4Br)n3c2=O)cc1. The Balaban J connectivity index is 1.83. The molecule has 0 aliphatic heterocycles. The lowest BCUT2D eigenvalue weighted by molar-refractivity contribution is 0.590. The molecule has 2 heterocycles. The molecule has 4 aromatic rings.